The number of aromatic nitrogens is 2. The summed E-state index contributed by atoms with van der Waals surface area (Å²) >= 11 is 0. The Hall–Kier alpha value is -1.65. The Labute approximate surface area is 115 Å². The van der Waals surface area contributed by atoms with Crippen molar-refractivity contribution in [2.24, 2.45) is 0 Å². The highest BCUT2D eigenvalue weighted by Crippen LogP contribution is 2.09. The molecule has 0 aliphatic heterocycles. The lowest BCUT2D eigenvalue weighted by Crippen LogP contribution is -2.31. The van der Waals surface area contributed by atoms with Crippen LogP contribution >= 0.6 is 0 Å². The Balaban J connectivity index is 2.84. The van der Waals surface area contributed by atoms with Crippen LogP contribution in [0.1, 0.15) is 44.1 Å². The van der Waals surface area contributed by atoms with Gasteiger partial charge in [-0.05, 0) is 26.3 Å². The van der Waals surface area contributed by atoms with Crippen molar-refractivity contribution in [3.8, 4) is 0 Å². The van der Waals surface area contributed by atoms with Crippen LogP contribution in [0.3, 0.4) is 0 Å². The van der Waals surface area contributed by atoms with Crippen LogP contribution in [0.25, 0.3) is 0 Å². The molecule has 0 saturated carbocycles. The van der Waals surface area contributed by atoms with Gasteiger partial charge < -0.3 is 9.80 Å². The summed E-state index contributed by atoms with van der Waals surface area (Å²) in [5.74, 6) is 0.587. The van der Waals surface area contributed by atoms with E-state index in [2.05, 4.69) is 16.9 Å². The van der Waals surface area contributed by atoms with E-state index in [4.69, 9.17) is 0 Å². The van der Waals surface area contributed by atoms with Gasteiger partial charge in [0.15, 0.2) is 0 Å². The van der Waals surface area contributed by atoms with Crippen molar-refractivity contribution in [1.29, 1.82) is 0 Å². The monoisotopic (exact) mass is 264 g/mol. The van der Waals surface area contributed by atoms with E-state index in [-0.39, 0.29) is 5.91 Å². The van der Waals surface area contributed by atoms with Crippen LogP contribution in [0.5, 0.6) is 0 Å². The lowest BCUT2D eigenvalue weighted by molar-refractivity contribution is 0.0767. The van der Waals surface area contributed by atoms with E-state index in [1.807, 2.05) is 25.8 Å². The summed E-state index contributed by atoms with van der Waals surface area (Å²) in [6.45, 7) is 8.38. The zero-order valence-corrected chi connectivity index (χ0v) is 12.4. The summed E-state index contributed by atoms with van der Waals surface area (Å²) in [6, 6.07) is 1.68. The summed E-state index contributed by atoms with van der Waals surface area (Å²) in [7, 11) is 1.96. The molecule has 1 rings (SSSR count). The maximum Gasteiger partial charge on any atom is 0.272 e. The van der Waals surface area contributed by atoms with Gasteiger partial charge in [0.2, 0.25) is 5.95 Å². The van der Waals surface area contributed by atoms with Crippen molar-refractivity contribution in [3.05, 3.63) is 18.0 Å². The summed E-state index contributed by atoms with van der Waals surface area (Å²) in [6.07, 6.45) is 3.87. The summed E-state index contributed by atoms with van der Waals surface area (Å²) in [5.41, 5.74) is 0.469. The van der Waals surface area contributed by atoms with Gasteiger partial charge >= 0.3 is 0 Å². The molecule has 0 fully saturated rings. The second-order valence-corrected chi connectivity index (χ2v) is 4.49. The molecule has 0 aromatic carbocycles. The van der Waals surface area contributed by atoms with Crippen molar-refractivity contribution in [1.82, 2.24) is 14.9 Å². The minimum atomic E-state index is -0.0301. The third kappa shape index (κ3) is 4.19. The molecule has 1 aromatic rings. The first-order valence-electron chi connectivity index (χ1n) is 6.97. The molecule has 5 nitrogen and oxygen atoms in total. The van der Waals surface area contributed by atoms with Crippen molar-refractivity contribution in [2.45, 2.75) is 33.6 Å². The van der Waals surface area contributed by atoms with Crippen LogP contribution in [-0.2, 0) is 0 Å². The number of hydrogen-bond donors (Lipinski definition) is 0. The number of amides is 1. The molecule has 0 atom stereocenters. The zero-order chi connectivity index (χ0) is 14.3. The molecule has 0 aliphatic carbocycles. The van der Waals surface area contributed by atoms with Gasteiger partial charge in [-0.2, -0.15) is 0 Å². The molecule has 5 heteroatoms. The van der Waals surface area contributed by atoms with Gasteiger partial charge in [0.05, 0.1) is 0 Å². The van der Waals surface area contributed by atoms with Gasteiger partial charge in [0.25, 0.3) is 5.91 Å². The molecule has 0 saturated heterocycles. The number of anilines is 1. The summed E-state index contributed by atoms with van der Waals surface area (Å²) < 4.78 is 0. The van der Waals surface area contributed by atoms with E-state index >= 15 is 0 Å². The average Bonchev–Trinajstić information content (AvgIpc) is 2.46. The average molecular weight is 264 g/mol. The fraction of sp³-hybridized carbons (Fsp3) is 0.643. The topological polar surface area (TPSA) is 49.3 Å². The quantitative estimate of drug-likeness (QED) is 0.757. The maximum atomic E-state index is 12.2. The molecule has 0 aliphatic rings. The lowest BCUT2D eigenvalue weighted by Gasteiger charge is -2.20. The maximum absolute atomic E-state index is 12.2. The van der Waals surface area contributed by atoms with Crippen LogP contribution in [-0.4, -0.2) is 47.5 Å². The predicted octanol–water partition coefficient (Wildman–Crippen LogP) is 2.19. The van der Waals surface area contributed by atoms with Gasteiger partial charge in [0.1, 0.15) is 5.69 Å². The Bertz CT molecular complexity index is 404. The highest BCUT2D eigenvalue weighted by molar-refractivity contribution is 5.92. The normalized spacial score (nSPS) is 10.3. The molecule has 19 heavy (non-hydrogen) atoms. The van der Waals surface area contributed by atoms with E-state index in [1.54, 1.807) is 17.2 Å². The van der Waals surface area contributed by atoms with Gasteiger partial charge in [-0.15, -0.1) is 0 Å². The lowest BCUT2D eigenvalue weighted by atomic mass is 10.3. The first kappa shape index (κ1) is 15.4. The molecule has 0 bridgehead atoms. The fourth-order valence-electron chi connectivity index (χ4n) is 1.82. The molecule has 1 amide bonds. The molecule has 0 N–H and O–H groups in total. The molecule has 0 spiro atoms. The first-order valence-corrected chi connectivity index (χ1v) is 6.97. The fourth-order valence-corrected chi connectivity index (χ4v) is 1.82. The zero-order valence-electron chi connectivity index (χ0n) is 12.4. The van der Waals surface area contributed by atoms with Crippen LogP contribution < -0.4 is 4.90 Å². The van der Waals surface area contributed by atoms with Crippen LogP contribution in [0.2, 0.25) is 0 Å². The van der Waals surface area contributed by atoms with E-state index < -0.39 is 0 Å². The molecule has 106 valence electrons. The highest BCUT2D eigenvalue weighted by atomic mass is 16.2. The van der Waals surface area contributed by atoms with Crippen LogP contribution in [0.15, 0.2) is 12.3 Å². The molecular formula is C14H24N4O. The minimum absolute atomic E-state index is 0.0301. The Morgan fingerprint density at radius 1 is 1.26 bits per heavy atom. The third-order valence-corrected chi connectivity index (χ3v) is 3.10. The first-order chi connectivity index (χ1) is 9.13. The SMILES string of the molecule is CCCCN(C)c1nccc(C(=O)N(CC)CC)n1. The molecule has 0 unspecified atom stereocenters. The van der Waals surface area contributed by atoms with E-state index in [1.165, 1.54) is 0 Å². The van der Waals surface area contributed by atoms with E-state index in [0.29, 0.717) is 24.7 Å². The third-order valence-electron chi connectivity index (χ3n) is 3.10. The second-order valence-electron chi connectivity index (χ2n) is 4.49. The number of rotatable bonds is 7. The molecule has 1 heterocycles. The Morgan fingerprint density at radius 3 is 2.53 bits per heavy atom. The standard InChI is InChI=1S/C14H24N4O/c1-5-8-11-17(4)14-15-10-9-12(16-14)13(19)18(6-2)7-3/h9-10H,5-8,11H2,1-4H3. The Morgan fingerprint density at radius 2 is 1.95 bits per heavy atom. The largest absolute Gasteiger partial charge is 0.344 e. The van der Waals surface area contributed by atoms with Crippen LogP contribution in [0, 0.1) is 0 Å². The van der Waals surface area contributed by atoms with Gasteiger partial charge in [-0.1, -0.05) is 13.3 Å². The number of carbonyl (C=O) groups excluding carboxylic acids is 1. The highest BCUT2D eigenvalue weighted by Gasteiger charge is 2.15. The van der Waals surface area contributed by atoms with E-state index in [0.717, 1.165) is 19.4 Å². The van der Waals surface area contributed by atoms with Gasteiger partial charge in [-0.25, -0.2) is 9.97 Å². The number of nitrogens with zero attached hydrogens (tertiary/aromatic N) is 4. The number of carbonyl (C=O) groups is 1. The van der Waals surface area contributed by atoms with Crippen LogP contribution in [0.4, 0.5) is 5.95 Å². The predicted molar refractivity (Wildman–Crippen MR) is 77.5 cm³/mol. The Kier molecular flexibility index (Phi) is 6.25. The second kappa shape index (κ2) is 7.71. The minimum Gasteiger partial charge on any atom is -0.344 e. The summed E-state index contributed by atoms with van der Waals surface area (Å²) in [5, 5.41) is 0. The van der Waals surface area contributed by atoms with Crippen molar-refractivity contribution >= 4 is 11.9 Å². The molecular weight excluding hydrogens is 240 g/mol. The van der Waals surface area contributed by atoms with E-state index in [9.17, 15) is 4.79 Å². The van der Waals surface area contributed by atoms with Crippen molar-refractivity contribution in [2.75, 3.05) is 31.6 Å². The number of hydrogen-bond acceptors (Lipinski definition) is 4. The van der Waals surface area contributed by atoms with Gasteiger partial charge in [-0.3, -0.25) is 4.79 Å². The van der Waals surface area contributed by atoms with Crippen molar-refractivity contribution in [3.63, 3.8) is 0 Å². The number of unbranched alkanes of at least 4 members (excludes halogenated alkanes) is 1. The smallest absolute Gasteiger partial charge is 0.272 e. The summed E-state index contributed by atoms with van der Waals surface area (Å²) in [4.78, 5) is 24.6. The van der Waals surface area contributed by atoms with Gasteiger partial charge in [0, 0.05) is 32.9 Å². The molecule has 0 radical (unpaired) electrons. The molecule has 1 aromatic heterocycles. The van der Waals surface area contributed by atoms with Crippen molar-refractivity contribution < 1.29 is 4.79 Å².